The minimum Gasteiger partial charge on any atom is -0.465 e. The maximum Gasteiger partial charge on any atom is 0.407 e. The summed E-state index contributed by atoms with van der Waals surface area (Å²) in [7, 11) is 0. The lowest BCUT2D eigenvalue weighted by Crippen LogP contribution is -2.28. The van der Waals surface area contributed by atoms with Crippen molar-refractivity contribution in [2.75, 3.05) is 0 Å². The fourth-order valence-corrected chi connectivity index (χ4v) is 2.39. The first-order chi connectivity index (χ1) is 10.6. The summed E-state index contributed by atoms with van der Waals surface area (Å²) >= 11 is 0. The van der Waals surface area contributed by atoms with Crippen LogP contribution in [-0.2, 0) is 25.9 Å². The highest BCUT2D eigenvalue weighted by Crippen LogP contribution is 2.13. The van der Waals surface area contributed by atoms with E-state index in [4.69, 9.17) is 0 Å². The summed E-state index contributed by atoms with van der Waals surface area (Å²) in [4.78, 5) is 12.9. The van der Waals surface area contributed by atoms with Gasteiger partial charge in [-0.3, -0.25) is 4.90 Å². The van der Waals surface area contributed by atoms with Crippen molar-refractivity contribution in [3.05, 3.63) is 70.8 Å². The second-order valence-corrected chi connectivity index (χ2v) is 5.48. The molecule has 3 heteroatoms. The standard InChI is InChI=1S/C19H23NO2/c1-3-15-5-9-17(10-6-15)13-20(19(21)22)14-18-11-7-16(4-2)8-12-18/h5-12H,3-4,13-14H2,1-2H3,(H,21,22). The molecule has 0 aliphatic rings. The average molecular weight is 297 g/mol. The molecule has 0 fully saturated rings. The van der Waals surface area contributed by atoms with Gasteiger partial charge in [-0.25, -0.2) is 4.79 Å². The summed E-state index contributed by atoms with van der Waals surface area (Å²) in [6, 6.07) is 16.3. The van der Waals surface area contributed by atoms with Crippen molar-refractivity contribution in [2.24, 2.45) is 0 Å². The second-order valence-electron chi connectivity index (χ2n) is 5.48. The lowest BCUT2D eigenvalue weighted by atomic mass is 10.1. The van der Waals surface area contributed by atoms with Crippen molar-refractivity contribution in [2.45, 2.75) is 39.8 Å². The highest BCUT2D eigenvalue weighted by Gasteiger charge is 2.13. The second kappa shape index (κ2) is 7.64. The van der Waals surface area contributed by atoms with Crippen LogP contribution in [0, 0.1) is 0 Å². The molecule has 0 spiro atoms. The van der Waals surface area contributed by atoms with E-state index < -0.39 is 6.09 Å². The zero-order chi connectivity index (χ0) is 15.9. The maximum absolute atomic E-state index is 11.5. The van der Waals surface area contributed by atoms with Gasteiger partial charge in [0.05, 0.1) is 0 Å². The topological polar surface area (TPSA) is 40.5 Å². The Kier molecular flexibility index (Phi) is 5.59. The number of benzene rings is 2. The molecule has 0 aliphatic heterocycles. The van der Waals surface area contributed by atoms with E-state index >= 15 is 0 Å². The Morgan fingerprint density at radius 2 is 1.09 bits per heavy atom. The quantitative estimate of drug-likeness (QED) is 0.853. The molecule has 0 saturated carbocycles. The number of carboxylic acid groups (broad SMARTS) is 1. The first-order valence-corrected chi connectivity index (χ1v) is 7.75. The van der Waals surface area contributed by atoms with Crippen LogP contribution < -0.4 is 0 Å². The predicted octanol–water partition coefficient (Wildman–Crippen LogP) is 4.49. The average Bonchev–Trinajstić information content (AvgIpc) is 2.55. The van der Waals surface area contributed by atoms with Gasteiger partial charge in [0.15, 0.2) is 0 Å². The molecule has 1 amide bonds. The molecule has 0 aliphatic carbocycles. The first kappa shape index (κ1) is 16.1. The van der Waals surface area contributed by atoms with Gasteiger partial charge < -0.3 is 5.11 Å². The summed E-state index contributed by atoms with van der Waals surface area (Å²) in [6.45, 7) is 5.04. The molecule has 0 bridgehead atoms. The van der Waals surface area contributed by atoms with Crippen molar-refractivity contribution in [1.82, 2.24) is 4.90 Å². The molecule has 1 N–H and O–H groups in total. The Labute approximate surface area is 132 Å². The Morgan fingerprint density at radius 1 is 0.773 bits per heavy atom. The van der Waals surface area contributed by atoms with Gasteiger partial charge in [0.1, 0.15) is 0 Å². The highest BCUT2D eigenvalue weighted by molar-refractivity contribution is 5.65. The third-order valence-electron chi connectivity index (χ3n) is 3.88. The van der Waals surface area contributed by atoms with Gasteiger partial charge >= 0.3 is 6.09 Å². The third kappa shape index (κ3) is 4.35. The summed E-state index contributed by atoms with van der Waals surface area (Å²) in [5, 5.41) is 9.42. The smallest absolute Gasteiger partial charge is 0.407 e. The highest BCUT2D eigenvalue weighted by atomic mass is 16.4. The van der Waals surface area contributed by atoms with Crippen molar-refractivity contribution < 1.29 is 9.90 Å². The van der Waals surface area contributed by atoms with Crippen LogP contribution in [0.2, 0.25) is 0 Å². The molecule has 3 nitrogen and oxygen atoms in total. The van der Waals surface area contributed by atoms with Crippen molar-refractivity contribution in [3.8, 4) is 0 Å². The first-order valence-electron chi connectivity index (χ1n) is 7.75. The van der Waals surface area contributed by atoms with Gasteiger partial charge in [0, 0.05) is 13.1 Å². The van der Waals surface area contributed by atoms with E-state index in [1.54, 1.807) is 0 Å². The van der Waals surface area contributed by atoms with Crippen LogP contribution in [-0.4, -0.2) is 16.1 Å². The summed E-state index contributed by atoms with van der Waals surface area (Å²) in [5.41, 5.74) is 4.57. The molecule has 0 unspecified atom stereocenters. The molecule has 2 rings (SSSR count). The summed E-state index contributed by atoms with van der Waals surface area (Å²) < 4.78 is 0. The molecule has 0 saturated heterocycles. The number of hydrogen-bond acceptors (Lipinski definition) is 1. The fourth-order valence-electron chi connectivity index (χ4n) is 2.39. The monoisotopic (exact) mass is 297 g/mol. The van der Waals surface area contributed by atoms with Crippen LogP contribution in [0.25, 0.3) is 0 Å². The van der Waals surface area contributed by atoms with E-state index in [2.05, 4.69) is 38.1 Å². The predicted molar refractivity (Wildman–Crippen MR) is 88.9 cm³/mol. The molecule has 2 aromatic carbocycles. The third-order valence-corrected chi connectivity index (χ3v) is 3.88. The van der Waals surface area contributed by atoms with Gasteiger partial charge in [0.2, 0.25) is 0 Å². The fraction of sp³-hybridized carbons (Fsp3) is 0.316. The Hall–Kier alpha value is -2.29. The van der Waals surface area contributed by atoms with E-state index in [1.165, 1.54) is 16.0 Å². The maximum atomic E-state index is 11.5. The number of carbonyl (C=O) groups is 1. The van der Waals surface area contributed by atoms with Gasteiger partial charge in [0.25, 0.3) is 0 Å². The molecule has 116 valence electrons. The van der Waals surface area contributed by atoms with Crippen molar-refractivity contribution >= 4 is 6.09 Å². The van der Waals surface area contributed by atoms with E-state index in [-0.39, 0.29) is 0 Å². The number of aryl methyl sites for hydroxylation is 2. The van der Waals surface area contributed by atoms with Crippen LogP contribution in [0.3, 0.4) is 0 Å². The molecule has 2 aromatic rings. The minimum atomic E-state index is -0.890. The van der Waals surface area contributed by atoms with Crippen LogP contribution >= 0.6 is 0 Å². The zero-order valence-corrected chi connectivity index (χ0v) is 13.2. The van der Waals surface area contributed by atoms with E-state index in [0.717, 1.165) is 24.0 Å². The van der Waals surface area contributed by atoms with E-state index in [1.807, 2.05) is 24.3 Å². The minimum absolute atomic E-state index is 0.412. The van der Waals surface area contributed by atoms with Gasteiger partial charge in [-0.2, -0.15) is 0 Å². The number of amides is 1. The van der Waals surface area contributed by atoms with Crippen molar-refractivity contribution in [3.63, 3.8) is 0 Å². The number of nitrogens with zero attached hydrogens (tertiary/aromatic N) is 1. The molecule has 0 aromatic heterocycles. The van der Waals surface area contributed by atoms with Gasteiger partial charge in [-0.15, -0.1) is 0 Å². The normalized spacial score (nSPS) is 10.5. The molecular weight excluding hydrogens is 274 g/mol. The molecule has 0 heterocycles. The van der Waals surface area contributed by atoms with Crippen LogP contribution in [0.5, 0.6) is 0 Å². The molecule has 0 radical (unpaired) electrons. The molecule has 22 heavy (non-hydrogen) atoms. The largest absolute Gasteiger partial charge is 0.465 e. The van der Waals surface area contributed by atoms with Crippen LogP contribution in [0.1, 0.15) is 36.1 Å². The van der Waals surface area contributed by atoms with Gasteiger partial charge in [-0.1, -0.05) is 62.4 Å². The Bertz CT molecular complexity index is 553. The zero-order valence-electron chi connectivity index (χ0n) is 13.2. The molecule has 0 atom stereocenters. The van der Waals surface area contributed by atoms with Crippen LogP contribution in [0.4, 0.5) is 4.79 Å². The summed E-state index contributed by atoms with van der Waals surface area (Å²) in [6.07, 6.45) is 1.10. The Morgan fingerprint density at radius 3 is 1.36 bits per heavy atom. The van der Waals surface area contributed by atoms with Crippen LogP contribution in [0.15, 0.2) is 48.5 Å². The SMILES string of the molecule is CCc1ccc(CN(Cc2ccc(CC)cc2)C(=O)O)cc1. The van der Waals surface area contributed by atoms with E-state index in [0.29, 0.717) is 13.1 Å². The molecular formula is C19H23NO2. The van der Waals surface area contributed by atoms with E-state index in [9.17, 15) is 9.90 Å². The summed E-state index contributed by atoms with van der Waals surface area (Å²) in [5.74, 6) is 0. The Balaban J connectivity index is 2.06. The number of rotatable bonds is 6. The number of hydrogen-bond donors (Lipinski definition) is 1. The lowest BCUT2D eigenvalue weighted by Gasteiger charge is -2.19. The van der Waals surface area contributed by atoms with Crippen molar-refractivity contribution in [1.29, 1.82) is 0 Å². The lowest BCUT2D eigenvalue weighted by molar-refractivity contribution is 0.139. The van der Waals surface area contributed by atoms with Gasteiger partial charge in [-0.05, 0) is 35.1 Å².